The van der Waals surface area contributed by atoms with Gasteiger partial charge in [0, 0.05) is 25.2 Å². The van der Waals surface area contributed by atoms with Gasteiger partial charge in [-0.15, -0.1) is 0 Å². The highest BCUT2D eigenvalue weighted by Crippen LogP contribution is 2.33. The zero-order valence-corrected chi connectivity index (χ0v) is 14.2. The van der Waals surface area contributed by atoms with Crippen molar-refractivity contribution in [2.75, 3.05) is 32.8 Å². The van der Waals surface area contributed by atoms with Gasteiger partial charge in [-0.25, -0.2) is 4.39 Å². The number of halogens is 1. The minimum absolute atomic E-state index is 0.0137. The van der Waals surface area contributed by atoms with Crippen molar-refractivity contribution >= 4 is 5.91 Å². The van der Waals surface area contributed by atoms with E-state index in [9.17, 15) is 9.18 Å². The van der Waals surface area contributed by atoms with Crippen molar-refractivity contribution in [3.63, 3.8) is 0 Å². The molecule has 3 rings (SSSR count). The minimum atomic E-state index is -0.271. The van der Waals surface area contributed by atoms with Gasteiger partial charge in [0.05, 0.1) is 19.6 Å². The molecule has 0 aromatic heterocycles. The topological polar surface area (TPSA) is 41.6 Å². The minimum Gasteiger partial charge on any atom is -0.379 e. The molecule has 1 aliphatic heterocycles. The van der Waals surface area contributed by atoms with Crippen LogP contribution in [-0.4, -0.2) is 49.2 Å². The molecule has 1 N–H and O–H groups in total. The summed E-state index contributed by atoms with van der Waals surface area (Å²) in [5, 5.41) is 3.14. The molecule has 1 saturated heterocycles. The van der Waals surface area contributed by atoms with Gasteiger partial charge in [0.25, 0.3) is 0 Å². The standard InChI is InChI=1S/C19H27FN2O2/c20-17-6-4-16(5-7-17)14-18(23)21-15-19(8-2-1-3-9-19)22-10-12-24-13-11-22/h4-7H,1-3,8-15H2,(H,21,23). The lowest BCUT2D eigenvalue weighted by atomic mass is 9.79. The summed E-state index contributed by atoms with van der Waals surface area (Å²) in [6.45, 7) is 4.17. The SMILES string of the molecule is O=C(Cc1ccc(F)cc1)NCC1(N2CCOCC2)CCCCC1. The van der Waals surface area contributed by atoms with Gasteiger partial charge in [-0.3, -0.25) is 9.69 Å². The molecule has 2 fully saturated rings. The number of nitrogens with zero attached hydrogens (tertiary/aromatic N) is 1. The molecule has 1 saturated carbocycles. The third-order valence-electron chi connectivity index (χ3n) is 5.36. The summed E-state index contributed by atoms with van der Waals surface area (Å²) < 4.78 is 18.4. The number of carbonyl (C=O) groups is 1. The highest BCUT2D eigenvalue weighted by molar-refractivity contribution is 5.78. The summed E-state index contributed by atoms with van der Waals surface area (Å²) in [6, 6.07) is 6.15. The number of amides is 1. The van der Waals surface area contributed by atoms with E-state index in [0.29, 0.717) is 13.0 Å². The number of hydrogen-bond donors (Lipinski definition) is 1. The van der Waals surface area contributed by atoms with E-state index in [2.05, 4.69) is 10.2 Å². The second-order valence-electron chi connectivity index (χ2n) is 6.96. The van der Waals surface area contributed by atoms with Crippen LogP contribution in [0, 0.1) is 5.82 Å². The molecule has 0 unspecified atom stereocenters. The van der Waals surface area contributed by atoms with E-state index >= 15 is 0 Å². The van der Waals surface area contributed by atoms with Crippen LogP contribution in [0.4, 0.5) is 4.39 Å². The van der Waals surface area contributed by atoms with Gasteiger partial charge in [0.1, 0.15) is 5.82 Å². The quantitative estimate of drug-likeness (QED) is 0.900. The Balaban J connectivity index is 1.58. The van der Waals surface area contributed by atoms with E-state index in [0.717, 1.165) is 44.7 Å². The molecule has 1 aliphatic carbocycles. The molecule has 5 heteroatoms. The summed E-state index contributed by atoms with van der Waals surface area (Å²) in [5.41, 5.74) is 0.929. The summed E-state index contributed by atoms with van der Waals surface area (Å²) in [6.07, 6.45) is 6.33. The lowest BCUT2D eigenvalue weighted by molar-refractivity contribution is -0.121. The maximum absolute atomic E-state index is 13.0. The Morgan fingerprint density at radius 1 is 1.12 bits per heavy atom. The summed E-state index contributed by atoms with van der Waals surface area (Å²) in [5.74, 6) is -0.257. The Labute approximate surface area is 143 Å². The molecule has 4 nitrogen and oxygen atoms in total. The van der Waals surface area contributed by atoms with E-state index < -0.39 is 0 Å². The molecular formula is C19H27FN2O2. The van der Waals surface area contributed by atoms with Crippen molar-refractivity contribution in [2.45, 2.75) is 44.1 Å². The van der Waals surface area contributed by atoms with Gasteiger partial charge in [0.15, 0.2) is 0 Å². The van der Waals surface area contributed by atoms with Crippen LogP contribution in [0.15, 0.2) is 24.3 Å². The Morgan fingerprint density at radius 2 is 1.79 bits per heavy atom. The second kappa shape index (κ2) is 8.08. The Kier molecular flexibility index (Phi) is 5.85. The Hall–Kier alpha value is -1.46. The highest BCUT2D eigenvalue weighted by atomic mass is 19.1. The molecule has 1 amide bonds. The Bertz CT molecular complexity index is 535. The fraction of sp³-hybridized carbons (Fsp3) is 0.632. The average molecular weight is 334 g/mol. The molecule has 1 aromatic carbocycles. The van der Waals surface area contributed by atoms with Crippen molar-refractivity contribution < 1.29 is 13.9 Å². The van der Waals surface area contributed by atoms with Gasteiger partial charge in [0.2, 0.25) is 5.91 Å². The van der Waals surface area contributed by atoms with Gasteiger partial charge in [-0.1, -0.05) is 31.4 Å². The first-order valence-electron chi connectivity index (χ1n) is 9.02. The number of morpholine rings is 1. The second-order valence-corrected chi connectivity index (χ2v) is 6.96. The molecule has 0 atom stereocenters. The number of benzene rings is 1. The predicted molar refractivity (Wildman–Crippen MR) is 91.3 cm³/mol. The van der Waals surface area contributed by atoms with Crippen molar-refractivity contribution in [3.8, 4) is 0 Å². The zero-order chi connectivity index (χ0) is 16.8. The molecule has 2 aliphatic rings. The molecule has 0 radical (unpaired) electrons. The predicted octanol–water partition coefficient (Wildman–Crippen LogP) is 2.52. The third kappa shape index (κ3) is 4.33. The summed E-state index contributed by atoms with van der Waals surface area (Å²) in [4.78, 5) is 14.8. The lowest BCUT2D eigenvalue weighted by Gasteiger charge is -2.48. The van der Waals surface area contributed by atoms with Gasteiger partial charge >= 0.3 is 0 Å². The van der Waals surface area contributed by atoms with E-state index in [1.54, 1.807) is 12.1 Å². The maximum Gasteiger partial charge on any atom is 0.224 e. The molecular weight excluding hydrogens is 307 g/mol. The molecule has 0 spiro atoms. The lowest BCUT2D eigenvalue weighted by Crippen LogP contribution is -2.59. The maximum atomic E-state index is 13.0. The molecule has 1 heterocycles. The van der Waals surface area contributed by atoms with Crippen LogP contribution in [0.25, 0.3) is 0 Å². The van der Waals surface area contributed by atoms with Crippen LogP contribution < -0.4 is 5.32 Å². The fourth-order valence-electron chi connectivity index (χ4n) is 3.97. The molecule has 1 aromatic rings. The average Bonchev–Trinajstić information content (AvgIpc) is 2.63. The molecule has 24 heavy (non-hydrogen) atoms. The summed E-state index contributed by atoms with van der Waals surface area (Å²) >= 11 is 0. The number of nitrogens with one attached hydrogen (secondary N) is 1. The van der Waals surface area contributed by atoms with Crippen molar-refractivity contribution in [1.82, 2.24) is 10.2 Å². The van der Waals surface area contributed by atoms with Gasteiger partial charge in [-0.2, -0.15) is 0 Å². The number of carbonyl (C=O) groups excluding carboxylic acids is 1. The molecule has 0 bridgehead atoms. The zero-order valence-electron chi connectivity index (χ0n) is 14.2. The van der Waals surface area contributed by atoms with Crippen molar-refractivity contribution in [3.05, 3.63) is 35.6 Å². The van der Waals surface area contributed by atoms with Gasteiger partial charge < -0.3 is 10.1 Å². The normalized spacial score (nSPS) is 21.4. The van der Waals surface area contributed by atoms with Crippen LogP contribution in [0.3, 0.4) is 0 Å². The number of ether oxygens (including phenoxy) is 1. The van der Waals surface area contributed by atoms with Crippen molar-refractivity contribution in [1.29, 1.82) is 0 Å². The first-order valence-corrected chi connectivity index (χ1v) is 9.02. The molecule has 132 valence electrons. The van der Waals surface area contributed by atoms with E-state index in [-0.39, 0.29) is 17.3 Å². The van der Waals surface area contributed by atoms with Crippen LogP contribution in [0.2, 0.25) is 0 Å². The van der Waals surface area contributed by atoms with Gasteiger partial charge in [-0.05, 0) is 30.5 Å². The number of hydrogen-bond acceptors (Lipinski definition) is 3. The first kappa shape index (κ1) is 17.4. The van der Waals surface area contributed by atoms with Crippen molar-refractivity contribution in [2.24, 2.45) is 0 Å². The largest absolute Gasteiger partial charge is 0.379 e. The third-order valence-corrected chi connectivity index (χ3v) is 5.36. The Morgan fingerprint density at radius 3 is 2.46 bits per heavy atom. The monoisotopic (exact) mass is 334 g/mol. The van der Waals surface area contributed by atoms with Crippen LogP contribution in [0.5, 0.6) is 0 Å². The highest BCUT2D eigenvalue weighted by Gasteiger charge is 2.38. The summed E-state index contributed by atoms with van der Waals surface area (Å²) in [7, 11) is 0. The van der Waals surface area contributed by atoms with E-state index in [4.69, 9.17) is 4.74 Å². The first-order chi connectivity index (χ1) is 11.7. The smallest absolute Gasteiger partial charge is 0.224 e. The van der Waals surface area contributed by atoms with Crippen LogP contribution >= 0.6 is 0 Å². The fourth-order valence-corrected chi connectivity index (χ4v) is 3.97. The van der Waals surface area contributed by atoms with Crippen LogP contribution in [-0.2, 0) is 16.0 Å². The van der Waals surface area contributed by atoms with E-state index in [1.165, 1.54) is 31.4 Å². The van der Waals surface area contributed by atoms with Crippen LogP contribution in [0.1, 0.15) is 37.7 Å². The van der Waals surface area contributed by atoms with E-state index in [1.807, 2.05) is 0 Å². The number of rotatable bonds is 5.